The van der Waals surface area contributed by atoms with Gasteiger partial charge in [0.25, 0.3) is 11.8 Å². The van der Waals surface area contributed by atoms with E-state index in [1.54, 1.807) is 60.7 Å². The molecule has 0 saturated heterocycles. The smallest absolute Gasteiger partial charge is 0.348 e. The van der Waals surface area contributed by atoms with Crippen LogP contribution in [0, 0.1) is 5.41 Å². The predicted molar refractivity (Wildman–Crippen MR) is 153 cm³/mol. The Labute approximate surface area is 235 Å². The molecule has 0 radical (unpaired) electrons. The molecule has 41 heavy (non-hydrogen) atoms. The van der Waals surface area contributed by atoms with E-state index < -0.39 is 17.6 Å². The van der Waals surface area contributed by atoms with Crippen LogP contribution in [-0.4, -0.2) is 52.7 Å². The third kappa shape index (κ3) is 6.53. The summed E-state index contributed by atoms with van der Waals surface area (Å²) in [5, 5.41) is 18.0. The zero-order valence-corrected chi connectivity index (χ0v) is 22.4. The van der Waals surface area contributed by atoms with Gasteiger partial charge in [0.15, 0.2) is 23.9 Å². The fraction of sp³-hybridized carbons (Fsp3) is 0.179. The van der Waals surface area contributed by atoms with Gasteiger partial charge in [0.2, 0.25) is 0 Å². The minimum absolute atomic E-state index is 0.0713. The fourth-order valence-electron chi connectivity index (χ4n) is 4.03. The summed E-state index contributed by atoms with van der Waals surface area (Å²) in [5.74, 6) is -0.105. The van der Waals surface area contributed by atoms with E-state index in [-0.39, 0.29) is 35.4 Å². The molecule has 3 aromatic carbocycles. The molecule has 1 aromatic heterocycles. The van der Waals surface area contributed by atoms with Crippen molar-refractivity contribution in [1.29, 1.82) is 5.41 Å². The topological polar surface area (TPSA) is 203 Å². The number of aromatic nitrogens is 3. The van der Waals surface area contributed by atoms with Crippen molar-refractivity contribution in [2.75, 3.05) is 25.6 Å². The number of hydrogen-bond donors (Lipinski definition) is 6. The second-order valence-electron chi connectivity index (χ2n) is 8.78. The molecule has 1 atom stereocenters. The number of hydrogen-bond acceptors (Lipinski definition) is 8. The maximum Gasteiger partial charge on any atom is 0.348 e. The number of primary amides is 1. The van der Waals surface area contributed by atoms with Crippen LogP contribution in [0.4, 0.5) is 5.69 Å². The Kier molecular flexibility index (Phi) is 8.67. The molecule has 0 bridgehead atoms. The SMILES string of the molecule is CCOc1cc(C(Nc2ccc(C(=N)N)cc2)c2nn(-c3ccccc3C(N)=O)c(=O)[nH]2)ccc1OCC(=O)NC. The number of para-hydroxylation sites is 1. The Balaban J connectivity index is 1.80. The highest BCUT2D eigenvalue weighted by Crippen LogP contribution is 2.34. The number of anilines is 1. The molecule has 0 aliphatic heterocycles. The summed E-state index contributed by atoms with van der Waals surface area (Å²) in [4.78, 5) is 39.6. The van der Waals surface area contributed by atoms with Gasteiger partial charge in [-0.3, -0.25) is 20.0 Å². The average Bonchev–Trinajstić information content (AvgIpc) is 3.36. The summed E-state index contributed by atoms with van der Waals surface area (Å²) in [7, 11) is 1.51. The number of likely N-dealkylation sites (N-methyl/N-ethyl adjacent to an activating group) is 1. The summed E-state index contributed by atoms with van der Waals surface area (Å²) in [5.41, 5.74) is 12.7. The Bertz CT molecular complexity index is 1630. The Hall–Kier alpha value is -5.59. The first-order valence-electron chi connectivity index (χ1n) is 12.6. The monoisotopic (exact) mass is 558 g/mol. The molecule has 4 aromatic rings. The zero-order valence-electron chi connectivity index (χ0n) is 22.4. The van der Waals surface area contributed by atoms with Crippen LogP contribution in [-0.2, 0) is 4.79 Å². The van der Waals surface area contributed by atoms with Crippen molar-refractivity contribution in [2.45, 2.75) is 13.0 Å². The summed E-state index contributed by atoms with van der Waals surface area (Å²) in [6.07, 6.45) is 0. The molecule has 8 N–H and O–H groups in total. The largest absolute Gasteiger partial charge is 0.490 e. The van der Waals surface area contributed by atoms with E-state index in [2.05, 4.69) is 20.7 Å². The van der Waals surface area contributed by atoms with Gasteiger partial charge in [-0.15, -0.1) is 5.10 Å². The first-order chi connectivity index (χ1) is 19.7. The summed E-state index contributed by atoms with van der Waals surface area (Å²) in [6, 6.07) is 17.7. The normalized spacial score (nSPS) is 11.4. The highest BCUT2D eigenvalue weighted by atomic mass is 16.5. The Morgan fingerprint density at radius 3 is 2.44 bits per heavy atom. The molecule has 0 aliphatic carbocycles. The molecule has 0 spiro atoms. The lowest BCUT2D eigenvalue weighted by Gasteiger charge is -2.20. The van der Waals surface area contributed by atoms with Gasteiger partial charge in [0, 0.05) is 18.3 Å². The fourth-order valence-corrected chi connectivity index (χ4v) is 4.03. The predicted octanol–water partition coefficient (Wildman–Crippen LogP) is 1.67. The first-order valence-corrected chi connectivity index (χ1v) is 12.6. The molecule has 2 amide bonds. The van der Waals surface area contributed by atoms with Crippen LogP contribution in [0.5, 0.6) is 11.5 Å². The molecule has 4 rings (SSSR count). The first kappa shape index (κ1) is 28.4. The number of H-pyrrole nitrogens is 1. The van der Waals surface area contributed by atoms with Gasteiger partial charge in [-0.05, 0) is 61.0 Å². The molecule has 212 valence electrons. The van der Waals surface area contributed by atoms with E-state index in [9.17, 15) is 14.4 Å². The lowest BCUT2D eigenvalue weighted by atomic mass is 10.0. The van der Waals surface area contributed by atoms with E-state index in [1.165, 1.54) is 13.1 Å². The third-order valence-corrected chi connectivity index (χ3v) is 6.05. The van der Waals surface area contributed by atoms with Gasteiger partial charge in [-0.25, -0.2) is 4.79 Å². The highest BCUT2D eigenvalue weighted by Gasteiger charge is 2.23. The lowest BCUT2D eigenvalue weighted by Crippen LogP contribution is -2.25. The van der Waals surface area contributed by atoms with Crippen molar-refractivity contribution < 1.29 is 19.1 Å². The third-order valence-electron chi connectivity index (χ3n) is 6.05. The van der Waals surface area contributed by atoms with Crippen molar-refractivity contribution in [3.63, 3.8) is 0 Å². The maximum atomic E-state index is 13.1. The number of carbonyl (C=O) groups excluding carboxylic acids is 2. The van der Waals surface area contributed by atoms with Crippen LogP contribution in [0.2, 0.25) is 0 Å². The number of carbonyl (C=O) groups is 2. The van der Waals surface area contributed by atoms with Crippen molar-refractivity contribution in [2.24, 2.45) is 11.5 Å². The molecular weight excluding hydrogens is 528 g/mol. The van der Waals surface area contributed by atoms with Gasteiger partial charge in [0.1, 0.15) is 11.9 Å². The van der Waals surface area contributed by atoms with Crippen LogP contribution in [0.25, 0.3) is 5.69 Å². The van der Waals surface area contributed by atoms with Gasteiger partial charge >= 0.3 is 5.69 Å². The van der Waals surface area contributed by atoms with E-state index in [1.807, 2.05) is 6.92 Å². The highest BCUT2D eigenvalue weighted by molar-refractivity contribution is 5.96. The Morgan fingerprint density at radius 1 is 1.05 bits per heavy atom. The number of nitrogen functional groups attached to an aromatic ring is 1. The minimum atomic E-state index is -0.722. The van der Waals surface area contributed by atoms with Crippen LogP contribution in [0.15, 0.2) is 71.5 Å². The second kappa shape index (κ2) is 12.5. The number of aromatic amines is 1. The van der Waals surface area contributed by atoms with Crippen molar-refractivity contribution >= 4 is 23.3 Å². The van der Waals surface area contributed by atoms with E-state index in [0.717, 1.165) is 4.68 Å². The summed E-state index contributed by atoms with van der Waals surface area (Å²) in [6.45, 7) is 1.95. The molecule has 0 fully saturated rings. The van der Waals surface area contributed by atoms with Gasteiger partial charge in [-0.1, -0.05) is 18.2 Å². The van der Waals surface area contributed by atoms with Crippen molar-refractivity contribution in [3.05, 3.63) is 99.7 Å². The quantitative estimate of drug-likeness (QED) is 0.111. The number of nitrogens with two attached hydrogens (primary N) is 2. The van der Waals surface area contributed by atoms with Crippen LogP contribution in [0.3, 0.4) is 0 Å². The lowest BCUT2D eigenvalue weighted by molar-refractivity contribution is -0.122. The van der Waals surface area contributed by atoms with E-state index >= 15 is 0 Å². The number of ether oxygens (including phenoxy) is 2. The minimum Gasteiger partial charge on any atom is -0.490 e. The molecule has 13 nitrogen and oxygen atoms in total. The molecule has 1 heterocycles. The van der Waals surface area contributed by atoms with Crippen LogP contribution >= 0.6 is 0 Å². The number of amidine groups is 1. The second-order valence-corrected chi connectivity index (χ2v) is 8.78. The number of amides is 2. The van der Waals surface area contributed by atoms with Crippen LogP contribution < -0.4 is 37.3 Å². The standard InChI is InChI=1S/C28H30N8O5/c1-3-40-22-14-17(10-13-21(22)41-15-23(37)32-2)24(33-18-11-8-16(9-12-18)25(29)30)27-34-28(39)36(35-27)20-7-5-4-6-19(20)26(31)38/h4-14,24,33H,3,15H2,1-2H3,(H3,29,30)(H2,31,38)(H,32,37)(H,34,35,39). The zero-order chi connectivity index (χ0) is 29.5. The van der Waals surface area contributed by atoms with Gasteiger partial charge < -0.3 is 31.6 Å². The van der Waals surface area contributed by atoms with Gasteiger partial charge in [-0.2, -0.15) is 4.68 Å². The molecule has 0 aliphatic rings. The molecule has 13 heteroatoms. The Morgan fingerprint density at radius 2 is 1.78 bits per heavy atom. The molecule has 0 saturated carbocycles. The molecule has 1 unspecified atom stereocenters. The maximum absolute atomic E-state index is 13.1. The number of nitrogens with one attached hydrogen (secondary N) is 4. The van der Waals surface area contributed by atoms with E-state index in [4.69, 9.17) is 26.4 Å². The number of nitrogens with zero attached hydrogens (tertiary/aromatic N) is 2. The van der Waals surface area contributed by atoms with Crippen molar-refractivity contribution in [3.8, 4) is 17.2 Å². The molecular formula is C28H30N8O5. The van der Waals surface area contributed by atoms with Gasteiger partial charge in [0.05, 0.1) is 17.9 Å². The van der Waals surface area contributed by atoms with E-state index in [0.29, 0.717) is 34.9 Å². The van der Waals surface area contributed by atoms with Crippen molar-refractivity contribution in [1.82, 2.24) is 20.1 Å². The summed E-state index contributed by atoms with van der Waals surface area (Å²) < 4.78 is 12.5. The average molecular weight is 559 g/mol. The summed E-state index contributed by atoms with van der Waals surface area (Å²) >= 11 is 0. The van der Waals surface area contributed by atoms with Crippen LogP contribution in [0.1, 0.15) is 40.3 Å². The number of benzene rings is 3. The number of rotatable bonds is 12.